The lowest BCUT2D eigenvalue weighted by atomic mass is 10.1. The molecule has 1 unspecified atom stereocenters. The quantitative estimate of drug-likeness (QED) is 0.811. The molecule has 7 heteroatoms. The smallest absolute Gasteiger partial charge is 0.310 e. The van der Waals surface area contributed by atoms with Crippen molar-refractivity contribution in [2.75, 3.05) is 11.4 Å². The average molecular weight is 338 g/mol. The first kappa shape index (κ1) is 16.6. The van der Waals surface area contributed by atoms with Crippen LogP contribution in [0.3, 0.4) is 0 Å². The Kier molecular flexibility index (Phi) is 4.74. The van der Waals surface area contributed by atoms with E-state index in [1.165, 1.54) is 0 Å². The number of likely N-dealkylation sites (N-methyl/N-ethyl adjacent to an activating group) is 1. The van der Waals surface area contributed by atoms with Crippen molar-refractivity contribution in [2.45, 2.75) is 19.5 Å². The summed E-state index contributed by atoms with van der Waals surface area (Å²) in [5.41, 5.74) is 2.24. The van der Waals surface area contributed by atoms with E-state index in [0.717, 1.165) is 11.3 Å². The number of hydrogen-bond acceptors (Lipinski definition) is 4. The van der Waals surface area contributed by atoms with E-state index in [9.17, 15) is 14.4 Å². The van der Waals surface area contributed by atoms with E-state index < -0.39 is 17.9 Å². The molecule has 2 aromatic rings. The fraction of sp³-hybridized carbons (Fsp3) is 0.222. The molecule has 2 heterocycles. The number of carbonyl (C=O) groups is 3. The Morgan fingerprint density at radius 1 is 1.16 bits per heavy atom. The fourth-order valence-corrected chi connectivity index (χ4v) is 2.81. The van der Waals surface area contributed by atoms with Crippen molar-refractivity contribution in [1.29, 1.82) is 0 Å². The Morgan fingerprint density at radius 2 is 1.96 bits per heavy atom. The third kappa shape index (κ3) is 3.35. The van der Waals surface area contributed by atoms with Crippen LogP contribution in [0.25, 0.3) is 0 Å². The number of para-hydroxylation sites is 1. The molecule has 25 heavy (non-hydrogen) atoms. The molecule has 3 amide bonds. The van der Waals surface area contributed by atoms with Crippen LogP contribution in [0.1, 0.15) is 24.1 Å². The Balaban J connectivity index is 1.66. The van der Waals surface area contributed by atoms with Gasteiger partial charge in [-0.25, -0.2) is 0 Å². The number of rotatable bonds is 4. The summed E-state index contributed by atoms with van der Waals surface area (Å²) in [6.45, 7) is 2.55. The molecule has 1 aliphatic heterocycles. The van der Waals surface area contributed by atoms with Gasteiger partial charge in [0.2, 0.25) is 0 Å². The van der Waals surface area contributed by atoms with Crippen LogP contribution in [0.4, 0.5) is 5.69 Å². The molecule has 0 aliphatic carbocycles. The minimum atomic E-state index is -0.840. The Morgan fingerprint density at radius 3 is 2.68 bits per heavy atom. The summed E-state index contributed by atoms with van der Waals surface area (Å²) in [6, 6.07) is 9.93. The Bertz CT molecular complexity index is 807. The van der Waals surface area contributed by atoms with Gasteiger partial charge >= 0.3 is 11.8 Å². The maximum atomic E-state index is 12.5. The summed E-state index contributed by atoms with van der Waals surface area (Å²) in [7, 11) is 0. The molecule has 2 N–H and O–H groups in total. The minimum absolute atomic E-state index is 0.191. The summed E-state index contributed by atoms with van der Waals surface area (Å²) in [5.74, 6) is -1.86. The average Bonchev–Trinajstić information content (AvgIpc) is 2.91. The van der Waals surface area contributed by atoms with Crippen molar-refractivity contribution in [3.63, 3.8) is 0 Å². The zero-order valence-corrected chi connectivity index (χ0v) is 13.7. The molecule has 0 fully saturated rings. The number of hydrogen-bond donors (Lipinski definition) is 2. The van der Waals surface area contributed by atoms with Crippen molar-refractivity contribution < 1.29 is 14.4 Å². The standard InChI is InChI=1S/C18H18N4O3/c1-2-22-14-8-4-3-7-13(14)15(18(22)25)21-17(24)16(23)20-11-12-6-5-9-19-10-12/h3-10,15H,2,11H2,1H3,(H,20,23)(H,21,24). The van der Waals surface area contributed by atoms with Gasteiger partial charge in [-0.3, -0.25) is 19.4 Å². The number of anilines is 1. The van der Waals surface area contributed by atoms with Gasteiger partial charge in [-0.05, 0) is 24.6 Å². The second-order valence-corrected chi connectivity index (χ2v) is 5.59. The first-order chi connectivity index (χ1) is 12.1. The van der Waals surface area contributed by atoms with E-state index in [0.29, 0.717) is 12.1 Å². The first-order valence-corrected chi connectivity index (χ1v) is 7.99. The van der Waals surface area contributed by atoms with Gasteiger partial charge in [0.05, 0.1) is 0 Å². The predicted octanol–water partition coefficient (Wildman–Crippen LogP) is 0.922. The van der Waals surface area contributed by atoms with Crippen molar-refractivity contribution in [1.82, 2.24) is 15.6 Å². The van der Waals surface area contributed by atoms with Crippen molar-refractivity contribution in [3.8, 4) is 0 Å². The van der Waals surface area contributed by atoms with Crippen LogP contribution in [0.15, 0.2) is 48.8 Å². The molecule has 0 spiro atoms. The van der Waals surface area contributed by atoms with Gasteiger partial charge in [0, 0.05) is 36.7 Å². The third-order valence-electron chi connectivity index (χ3n) is 4.03. The molecule has 1 aliphatic rings. The SMILES string of the molecule is CCN1C(=O)C(NC(=O)C(=O)NCc2cccnc2)c2ccccc21. The maximum Gasteiger partial charge on any atom is 0.310 e. The number of nitrogens with one attached hydrogen (secondary N) is 2. The lowest BCUT2D eigenvalue weighted by Gasteiger charge is -2.15. The molecular weight excluding hydrogens is 320 g/mol. The molecule has 1 aromatic heterocycles. The van der Waals surface area contributed by atoms with Gasteiger partial charge in [0.25, 0.3) is 5.91 Å². The molecule has 1 aromatic carbocycles. The highest BCUT2D eigenvalue weighted by atomic mass is 16.2. The van der Waals surface area contributed by atoms with E-state index in [4.69, 9.17) is 0 Å². The van der Waals surface area contributed by atoms with Crippen LogP contribution in [0, 0.1) is 0 Å². The Labute approximate surface area is 145 Å². The fourth-order valence-electron chi connectivity index (χ4n) is 2.81. The second kappa shape index (κ2) is 7.12. The maximum absolute atomic E-state index is 12.5. The van der Waals surface area contributed by atoms with Gasteiger partial charge in [0.15, 0.2) is 0 Å². The molecule has 7 nitrogen and oxygen atoms in total. The lowest BCUT2D eigenvalue weighted by molar-refractivity contribution is -0.140. The molecule has 1 atom stereocenters. The lowest BCUT2D eigenvalue weighted by Crippen LogP contribution is -2.44. The van der Waals surface area contributed by atoms with E-state index in [-0.39, 0.29) is 12.5 Å². The largest absolute Gasteiger partial charge is 0.344 e. The van der Waals surface area contributed by atoms with Gasteiger partial charge in [-0.2, -0.15) is 0 Å². The van der Waals surface area contributed by atoms with E-state index >= 15 is 0 Å². The van der Waals surface area contributed by atoms with Crippen LogP contribution in [-0.4, -0.2) is 29.3 Å². The summed E-state index contributed by atoms with van der Waals surface area (Å²) in [5, 5.41) is 5.05. The highest BCUT2D eigenvalue weighted by Crippen LogP contribution is 2.35. The number of amides is 3. The summed E-state index contributed by atoms with van der Waals surface area (Å²) in [6.07, 6.45) is 3.23. The van der Waals surface area contributed by atoms with E-state index in [1.54, 1.807) is 41.6 Å². The van der Waals surface area contributed by atoms with Crippen LogP contribution in [-0.2, 0) is 20.9 Å². The van der Waals surface area contributed by atoms with Crippen LogP contribution in [0.2, 0.25) is 0 Å². The number of nitrogens with zero attached hydrogens (tertiary/aromatic N) is 2. The zero-order chi connectivity index (χ0) is 17.8. The number of aromatic nitrogens is 1. The number of benzene rings is 1. The van der Waals surface area contributed by atoms with Crippen molar-refractivity contribution >= 4 is 23.4 Å². The van der Waals surface area contributed by atoms with E-state index in [1.807, 2.05) is 19.1 Å². The molecule has 0 saturated heterocycles. The first-order valence-electron chi connectivity index (χ1n) is 7.99. The van der Waals surface area contributed by atoms with Gasteiger partial charge in [0.1, 0.15) is 6.04 Å². The minimum Gasteiger partial charge on any atom is -0.344 e. The molecule has 0 saturated carbocycles. The molecule has 3 rings (SSSR count). The van der Waals surface area contributed by atoms with Gasteiger partial charge < -0.3 is 15.5 Å². The topological polar surface area (TPSA) is 91.4 Å². The zero-order valence-electron chi connectivity index (χ0n) is 13.7. The van der Waals surface area contributed by atoms with Gasteiger partial charge in [-0.1, -0.05) is 24.3 Å². The van der Waals surface area contributed by atoms with Crippen molar-refractivity contribution in [3.05, 3.63) is 59.9 Å². The summed E-state index contributed by atoms with van der Waals surface area (Å²) < 4.78 is 0. The van der Waals surface area contributed by atoms with Crippen LogP contribution < -0.4 is 15.5 Å². The van der Waals surface area contributed by atoms with Crippen LogP contribution >= 0.6 is 0 Å². The normalized spacial score (nSPS) is 15.6. The monoisotopic (exact) mass is 338 g/mol. The van der Waals surface area contributed by atoms with E-state index in [2.05, 4.69) is 15.6 Å². The van der Waals surface area contributed by atoms with Gasteiger partial charge in [-0.15, -0.1) is 0 Å². The highest BCUT2D eigenvalue weighted by Gasteiger charge is 2.37. The second-order valence-electron chi connectivity index (χ2n) is 5.59. The summed E-state index contributed by atoms with van der Waals surface area (Å²) >= 11 is 0. The highest BCUT2D eigenvalue weighted by molar-refractivity contribution is 6.35. The predicted molar refractivity (Wildman–Crippen MR) is 91.4 cm³/mol. The molecule has 0 bridgehead atoms. The van der Waals surface area contributed by atoms with Crippen LogP contribution in [0.5, 0.6) is 0 Å². The molecule has 128 valence electrons. The number of pyridine rings is 1. The summed E-state index contributed by atoms with van der Waals surface area (Å²) in [4.78, 5) is 42.2. The number of fused-ring (bicyclic) bond motifs is 1. The number of carbonyl (C=O) groups excluding carboxylic acids is 3. The third-order valence-corrected chi connectivity index (χ3v) is 4.03. The molecule has 0 radical (unpaired) electrons. The Hall–Kier alpha value is -3.22. The molecular formula is C18H18N4O3. The van der Waals surface area contributed by atoms with Crippen molar-refractivity contribution in [2.24, 2.45) is 0 Å².